The highest BCUT2D eigenvalue weighted by Gasteiger charge is 2.25. The van der Waals surface area contributed by atoms with Crippen molar-refractivity contribution in [3.05, 3.63) is 34.9 Å². The molecule has 2 rings (SSSR count). The molecule has 0 radical (unpaired) electrons. The van der Waals surface area contributed by atoms with Crippen LogP contribution in [0.2, 0.25) is 0 Å². The summed E-state index contributed by atoms with van der Waals surface area (Å²) in [6.07, 6.45) is 2.22. The molecule has 0 amide bonds. The van der Waals surface area contributed by atoms with Gasteiger partial charge in [-0.25, -0.2) is 0 Å². The molecule has 1 N–H and O–H groups in total. The minimum absolute atomic E-state index is 0.103. The van der Waals surface area contributed by atoms with Crippen LogP contribution in [0.15, 0.2) is 23.2 Å². The molecular weight excluding hydrogens is 326 g/mol. The van der Waals surface area contributed by atoms with Crippen LogP contribution in [0.25, 0.3) is 0 Å². The Kier molecular flexibility index (Phi) is 8.92. The van der Waals surface area contributed by atoms with Gasteiger partial charge in [-0.15, -0.1) is 0 Å². The van der Waals surface area contributed by atoms with Gasteiger partial charge in [-0.1, -0.05) is 23.8 Å². The summed E-state index contributed by atoms with van der Waals surface area (Å²) < 4.78 is 11.5. The summed E-state index contributed by atoms with van der Waals surface area (Å²) in [5.74, 6) is 1.00. The average molecular weight is 362 g/mol. The molecule has 1 atom stereocenters. The normalized spacial score (nSPS) is 18.2. The lowest BCUT2D eigenvalue weighted by Gasteiger charge is -2.36. The zero-order valence-corrected chi connectivity index (χ0v) is 16.9. The Labute approximate surface area is 158 Å². The predicted octanol–water partition coefficient (Wildman–Crippen LogP) is 3.46. The van der Waals surface area contributed by atoms with Gasteiger partial charge in [-0.05, 0) is 51.7 Å². The van der Waals surface area contributed by atoms with E-state index in [9.17, 15) is 0 Å². The van der Waals surface area contributed by atoms with Gasteiger partial charge in [0.1, 0.15) is 6.10 Å². The van der Waals surface area contributed by atoms with Gasteiger partial charge in [-0.3, -0.25) is 4.99 Å². The highest BCUT2D eigenvalue weighted by Crippen LogP contribution is 2.25. The summed E-state index contributed by atoms with van der Waals surface area (Å²) in [6.45, 7) is 14.2. The van der Waals surface area contributed by atoms with E-state index in [1.54, 1.807) is 0 Å². The number of nitrogens with one attached hydrogen (secondary N) is 1. The van der Waals surface area contributed by atoms with Gasteiger partial charge in [0, 0.05) is 32.8 Å². The third-order valence-electron chi connectivity index (χ3n) is 4.64. The SMILES string of the molecule is CCNC(=NCCCCOCC)N1CCOC(c2ccc(C)cc2C)C1. The van der Waals surface area contributed by atoms with Crippen LogP contribution in [-0.4, -0.2) is 56.9 Å². The number of benzene rings is 1. The standard InChI is InChI=1S/C21H35N3O2/c1-5-22-21(23-11-7-8-13-25-6-2)24-12-14-26-20(16-24)19-10-9-17(3)15-18(19)4/h9-10,15,20H,5-8,11-14,16H2,1-4H3,(H,22,23). The quantitative estimate of drug-likeness (QED) is 0.438. The zero-order chi connectivity index (χ0) is 18.8. The van der Waals surface area contributed by atoms with Gasteiger partial charge in [0.25, 0.3) is 0 Å². The van der Waals surface area contributed by atoms with Crippen molar-refractivity contribution in [3.8, 4) is 0 Å². The van der Waals surface area contributed by atoms with Crippen molar-refractivity contribution in [1.29, 1.82) is 0 Å². The molecule has 1 unspecified atom stereocenters. The molecule has 1 saturated heterocycles. The predicted molar refractivity (Wildman–Crippen MR) is 108 cm³/mol. The maximum atomic E-state index is 6.07. The van der Waals surface area contributed by atoms with Crippen molar-refractivity contribution in [2.75, 3.05) is 46.0 Å². The molecule has 0 saturated carbocycles. The lowest BCUT2D eigenvalue weighted by atomic mass is 10.00. The van der Waals surface area contributed by atoms with Crippen LogP contribution in [0.4, 0.5) is 0 Å². The summed E-state index contributed by atoms with van der Waals surface area (Å²) in [5.41, 5.74) is 3.88. The molecular formula is C21H35N3O2. The van der Waals surface area contributed by atoms with Gasteiger partial charge in [-0.2, -0.15) is 0 Å². The van der Waals surface area contributed by atoms with Crippen LogP contribution in [-0.2, 0) is 9.47 Å². The molecule has 1 heterocycles. The molecule has 146 valence electrons. The maximum absolute atomic E-state index is 6.07. The summed E-state index contributed by atoms with van der Waals surface area (Å²) in [6, 6.07) is 6.61. The number of aliphatic imine (C=N–C) groups is 1. The second-order valence-electron chi connectivity index (χ2n) is 6.81. The van der Waals surface area contributed by atoms with Crippen LogP contribution < -0.4 is 5.32 Å². The Morgan fingerprint density at radius 2 is 2.15 bits per heavy atom. The number of morpholine rings is 1. The summed E-state index contributed by atoms with van der Waals surface area (Å²) in [7, 11) is 0. The highest BCUT2D eigenvalue weighted by atomic mass is 16.5. The number of unbranched alkanes of at least 4 members (excludes halogenated alkanes) is 1. The van der Waals surface area contributed by atoms with E-state index >= 15 is 0 Å². The van der Waals surface area contributed by atoms with Crippen LogP contribution in [0.1, 0.15) is 49.5 Å². The van der Waals surface area contributed by atoms with E-state index in [1.807, 2.05) is 6.92 Å². The maximum Gasteiger partial charge on any atom is 0.194 e. The van der Waals surface area contributed by atoms with Gasteiger partial charge in [0.15, 0.2) is 5.96 Å². The molecule has 5 nitrogen and oxygen atoms in total. The number of nitrogens with zero attached hydrogens (tertiary/aromatic N) is 2. The molecule has 0 spiro atoms. The molecule has 0 bridgehead atoms. The number of rotatable bonds is 8. The monoisotopic (exact) mass is 361 g/mol. The highest BCUT2D eigenvalue weighted by molar-refractivity contribution is 5.80. The van der Waals surface area contributed by atoms with Crippen LogP contribution in [0.5, 0.6) is 0 Å². The first-order valence-electron chi connectivity index (χ1n) is 9.95. The Balaban J connectivity index is 1.97. The van der Waals surface area contributed by atoms with Crippen molar-refractivity contribution < 1.29 is 9.47 Å². The van der Waals surface area contributed by atoms with E-state index in [0.717, 1.165) is 64.8 Å². The van der Waals surface area contributed by atoms with Crippen LogP contribution >= 0.6 is 0 Å². The fraction of sp³-hybridized carbons (Fsp3) is 0.667. The molecule has 1 aliphatic heterocycles. The Morgan fingerprint density at radius 1 is 1.31 bits per heavy atom. The molecule has 0 aromatic heterocycles. The summed E-state index contributed by atoms with van der Waals surface area (Å²) in [4.78, 5) is 7.15. The largest absolute Gasteiger partial charge is 0.382 e. The number of aryl methyl sites for hydroxylation is 2. The second kappa shape index (κ2) is 11.2. The van der Waals surface area contributed by atoms with Crippen molar-refractivity contribution >= 4 is 5.96 Å². The van der Waals surface area contributed by atoms with Crippen molar-refractivity contribution in [3.63, 3.8) is 0 Å². The first kappa shape index (κ1) is 20.7. The van der Waals surface area contributed by atoms with Crippen molar-refractivity contribution in [2.24, 2.45) is 4.99 Å². The summed E-state index contributed by atoms with van der Waals surface area (Å²) in [5, 5.41) is 3.44. The summed E-state index contributed by atoms with van der Waals surface area (Å²) >= 11 is 0. The molecule has 1 aliphatic rings. The lowest BCUT2D eigenvalue weighted by Crippen LogP contribution is -2.48. The first-order valence-corrected chi connectivity index (χ1v) is 9.95. The third-order valence-corrected chi connectivity index (χ3v) is 4.64. The molecule has 5 heteroatoms. The zero-order valence-electron chi connectivity index (χ0n) is 16.9. The molecule has 0 aliphatic carbocycles. The van der Waals surface area contributed by atoms with E-state index in [0.29, 0.717) is 0 Å². The number of ether oxygens (including phenoxy) is 2. The van der Waals surface area contributed by atoms with E-state index in [-0.39, 0.29) is 6.10 Å². The molecule has 26 heavy (non-hydrogen) atoms. The minimum Gasteiger partial charge on any atom is -0.382 e. The van der Waals surface area contributed by atoms with E-state index in [1.165, 1.54) is 16.7 Å². The first-order chi connectivity index (χ1) is 12.7. The number of hydrogen-bond donors (Lipinski definition) is 1. The van der Waals surface area contributed by atoms with E-state index < -0.39 is 0 Å². The van der Waals surface area contributed by atoms with Gasteiger partial charge in [0.2, 0.25) is 0 Å². The minimum atomic E-state index is 0.103. The fourth-order valence-electron chi connectivity index (χ4n) is 3.29. The molecule has 1 aromatic rings. The van der Waals surface area contributed by atoms with Gasteiger partial charge < -0.3 is 19.7 Å². The average Bonchev–Trinajstić information content (AvgIpc) is 2.64. The Hall–Kier alpha value is -1.59. The van der Waals surface area contributed by atoms with Crippen molar-refractivity contribution in [2.45, 2.75) is 46.6 Å². The molecule has 1 fully saturated rings. The topological polar surface area (TPSA) is 46.1 Å². The van der Waals surface area contributed by atoms with Gasteiger partial charge >= 0.3 is 0 Å². The smallest absolute Gasteiger partial charge is 0.194 e. The Morgan fingerprint density at radius 3 is 2.88 bits per heavy atom. The van der Waals surface area contributed by atoms with E-state index in [4.69, 9.17) is 14.5 Å². The lowest BCUT2D eigenvalue weighted by molar-refractivity contribution is -0.00833. The van der Waals surface area contributed by atoms with Crippen molar-refractivity contribution in [1.82, 2.24) is 10.2 Å². The number of guanidine groups is 1. The number of hydrogen-bond acceptors (Lipinski definition) is 3. The Bertz CT molecular complexity index is 574. The van der Waals surface area contributed by atoms with Crippen LogP contribution in [0, 0.1) is 13.8 Å². The molecule has 1 aromatic carbocycles. The van der Waals surface area contributed by atoms with E-state index in [2.05, 4.69) is 49.2 Å². The second-order valence-corrected chi connectivity index (χ2v) is 6.81. The van der Waals surface area contributed by atoms with Gasteiger partial charge in [0.05, 0.1) is 13.2 Å². The van der Waals surface area contributed by atoms with Crippen LogP contribution in [0.3, 0.4) is 0 Å². The fourth-order valence-corrected chi connectivity index (χ4v) is 3.29. The third kappa shape index (κ3) is 6.29.